The van der Waals surface area contributed by atoms with Gasteiger partial charge in [-0.3, -0.25) is 0 Å². The number of halogens is 6. The molecular weight excluding hydrogens is 833 g/mol. The molecule has 5 nitrogen and oxygen atoms in total. The molecule has 3 heterocycles. The van der Waals surface area contributed by atoms with Crippen LogP contribution in [0.2, 0.25) is 0 Å². The van der Waals surface area contributed by atoms with Crippen LogP contribution < -0.4 is 0 Å². The van der Waals surface area contributed by atoms with E-state index in [0.29, 0.717) is 66.9 Å². The van der Waals surface area contributed by atoms with Crippen molar-refractivity contribution in [2.45, 2.75) is 19.3 Å². The van der Waals surface area contributed by atoms with Gasteiger partial charge in [-0.15, -0.1) is 0 Å². The van der Waals surface area contributed by atoms with Crippen LogP contribution in [0.1, 0.15) is 16.7 Å². The Morgan fingerprint density at radius 2 is 0.892 bits per heavy atom. The molecule has 0 unspecified atom stereocenters. The number of alkyl halides is 6. The van der Waals surface area contributed by atoms with E-state index >= 15 is 13.2 Å². The quantitative estimate of drug-likeness (QED) is 0.156. The summed E-state index contributed by atoms with van der Waals surface area (Å²) >= 11 is 0. The molecule has 0 aliphatic heterocycles. The lowest BCUT2D eigenvalue weighted by atomic mass is 9.93. The highest BCUT2D eigenvalue weighted by Crippen LogP contribution is 2.47. The number of hydrogen-bond donors (Lipinski definition) is 0. The first-order valence-electron chi connectivity index (χ1n) is 20.8. The van der Waals surface area contributed by atoms with Crippen molar-refractivity contribution >= 4 is 43.6 Å². The van der Waals surface area contributed by atoms with E-state index in [-0.39, 0.29) is 22.6 Å². The van der Waals surface area contributed by atoms with Crippen molar-refractivity contribution in [1.82, 2.24) is 24.1 Å². The second kappa shape index (κ2) is 15.0. The molecule has 11 aromatic rings. The van der Waals surface area contributed by atoms with Crippen molar-refractivity contribution in [1.29, 1.82) is 0 Å². The number of rotatable bonds is 6. The van der Waals surface area contributed by atoms with Crippen molar-refractivity contribution in [3.8, 4) is 56.7 Å². The number of benzene rings is 8. The van der Waals surface area contributed by atoms with Crippen LogP contribution in [0.3, 0.4) is 0 Å². The number of aromatic nitrogens is 5. The molecule has 316 valence electrons. The fraction of sp³-hybridized carbons (Fsp3) is 0.0556. The van der Waals surface area contributed by atoms with Crippen LogP contribution in [0.5, 0.6) is 0 Å². The van der Waals surface area contributed by atoms with Crippen LogP contribution in [-0.2, 0) is 12.4 Å². The Labute approximate surface area is 367 Å². The normalized spacial score (nSPS) is 12.2. The number of fused-ring (bicyclic) bond motifs is 6. The van der Waals surface area contributed by atoms with Crippen molar-refractivity contribution in [2.24, 2.45) is 0 Å². The third-order valence-corrected chi connectivity index (χ3v) is 11.9. The van der Waals surface area contributed by atoms with Gasteiger partial charge >= 0.3 is 12.4 Å². The third-order valence-electron chi connectivity index (χ3n) is 11.9. The summed E-state index contributed by atoms with van der Waals surface area (Å²) in [4.78, 5) is 14.7. The predicted octanol–water partition coefficient (Wildman–Crippen LogP) is 15.1. The molecule has 0 aliphatic rings. The summed E-state index contributed by atoms with van der Waals surface area (Å²) in [5.41, 5.74) is 3.89. The van der Waals surface area contributed by atoms with Crippen LogP contribution in [-0.4, -0.2) is 24.1 Å². The van der Waals surface area contributed by atoms with Crippen molar-refractivity contribution in [3.05, 3.63) is 199 Å². The fourth-order valence-electron chi connectivity index (χ4n) is 9.01. The number of aryl methyl sites for hydroxylation is 1. The highest BCUT2D eigenvalue weighted by atomic mass is 19.4. The van der Waals surface area contributed by atoms with Gasteiger partial charge < -0.3 is 9.13 Å². The standard InChI is InChI=1S/C54H33F6N5/c1-32-23-26-45-39(29-32)37-17-8-11-21-44(37)65(45)48-22-12-19-42(54(58,59)60)49(48)41-30-35(52-62-50(33-13-4-2-5-14-33)61-51(63-52)34-15-6-3-7-16-34)24-27-47(41)64-43-20-10-9-18-38(43)40-31-36(53(55,56)57)25-28-46(40)64/h2-31H,1H3. The van der Waals surface area contributed by atoms with Gasteiger partial charge in [-0.25, -0.2) is 15.0 Å². The maximum Gasteiger partial charge on any atom is 0.417 e. The van der Waals surface area contributed by atoms with Gasteiger partial charge in [0.05, 0.1) is 44.6 Å². The van der Waals surface area contributed by atoms with Crippen LogP contribution in [0.4, 0.5) is 26.3 Å². The van der Waals surface area contributed by atoms with E-state index in [1.165, 1.54) is 12.1 Å². The average Bonchev–Trinajstić information content (AvgIpc) is 3.83. The summed E-state index contributed by atoms with van der Waals surface area (Å²) in [7, 11) is 0. The molecule has 8 aromatic carbocycles. The Balaban J connectivity index is 1.28. The second-order valence-corrected chi connectivity index (χ2v) is 15.9. The van der Waals surface area contributed by atoms with Gasteiger partial charge in [0, 0.05) is 49.4 Å². The van der Waals surface area contributed by atoms with E-state index in [0.717, 1.165) is 34.5 Å². The maximum absolute atomic E-state index is 15.9. The van der Waals surface area contributed by atoms with Crippen LogP contribution in [0, 0.1) is 6.92 Å². The molecule has 11 rings (SSSR count). The molecule has 65 heavy (non-hydrogen) atoms. The Morgan fingerprint density at radius 1 is 0.385 bits per heavy atom. The zero-order chi connectivity index (χ0) is 44.6. The molecule has 0 N–H and O–H groups in total. The minimum Gasteiger partial charge on any atom is -0.309 e. The molecule has 0 saturated carbocycles. The fourth-order valence-corrected chi connectivity index (χ4v) is 9.01. The maximum atomic E-state index is 15.9. The van der Waals surface area contributed by atoms with Gasteiger partial charge in [-0.1, -0.05) is 115 Å². The molecule has 0 bridgehead atoms. The predicted molar refractivity (Wildman–Crippen MR) is 245 cm³/mol. The molecule has 3 aromatic heterocycles. The topological polar surface area (TPSA) is 48.5 Å². The van der Waals surface area contributed by atoms with Crippen LogP contribution in [0.25, 0.3) is 100 Å². The molecule has 0 spiro atoms. The largest absolute Gasteiger partial charge is 0.417 e. The average molecular weight is 866 g/mol. The lowest BCUT2D eigenvalue weighted by Gasteiger charge is -2.23. The lowest BCUT2D eigenvalue weighted by molar-refractivity contribution is -0.138. The van der Waals surface area contributed by atoms with E-state index in [1.54, 1.807) is 53.1 Å². The van der Waals surface area contributed by atoms with E-state index in [2.05, 4.69) is 0 Å². The summed E-state index contributed by atoms with van der Waals surface area (Å²) in [6, 6.07) is 51.8. The molecule has 0 radical (unpaired) electrons. The minimum absolute atomic E-state index is 0.140. The minimum atomic E-state index is -4.86. The second-order valence-electron chi connectivity index (χ2n) is 15.9. The van der Waals surface area contributed by atoms with E-state index in [1.807, 2.05) is 115 Å². The molecule has 0 aliphatic carbocycles. The Kier molecular flexibility index (Phi) is 9.21. The molecule has 0 atom stereocenters. The zero-order valence-corrected chi connectivity index (χ0v) is 34.3. The van der Waals surface area contributed by atoms with Gasteiger partial charge in [0.1, 0.15) is 0 Å². The molecule has 11 heteroatoms. The Bertz CT molecular complexity index is 3590. The van der Waals surface area contributed by atoms with E-state index < -0.39 is 23.5 Å². The highest BCUT2D eigenvalue weighted by molar-refractivity contribution is 6.12. The van der Waals surface area contributed by atoms with Gasteiger partial charge in [0.2, 0.25) is 0 Å². The first-order valence-corrected chi connectivity index (χ1v) is 20.8. The molecule has 0 fully saturated rings. The van der Waals surface area contributed by atoms with Crippen LogP contribution >= 0.6 is 0 Å². The van der Waals surface area contributed by atoms with Crippen molar-refractivity contribution < 1.29 is 26.3 Å². The summed E-state index contributed by atoms with van der Waals surface area (Å²) in [6.07, 6.45) is -9.49. The lowest BCUT2D eigenvalue weighted by Crippen LogP contribution is -2.11. The molecule has 0 saturated heterocycles. The monoisotopic (exact) mass is 865 g/mol. The summed E-state index contributed by atoms with van der Waals surface area (Å²) in [5, 5.41) is 2.53. The first kappa shape index (κ1) is 39.8. The third kappa shape index (κ3) is 6.78. The summed E-state index contributed by atoms with van der Waals surface area (Å²) in [5.74, 6) is 0.931. The van der Waals surface area contributed by atoms with Gasteiger partial charge in [-0.05, 0) is 79.7 Å². The Morgan fingerprint density at radius 3 is 1.48 bits per heavy atom. The van der Waals surface area contributed by atoms with Gasteiger partial charge in [0.15, 0.2) is 17.5 Å². The Hall–Kier alpha value is -8.05. The van der Waals surface area contributed by atoms with E-state index in [4.69, 9.17) is 15.0 Å². The summed E-state index contributed by atoms with van der Waals surface area (Å²) < 4.78 is 94.1. The molecule has 0 amide bonds. The number of nitrogens with zero attached hydrogens (tertiary/aromatic N) is 5. The van der Waals surface area contributed by atoms with Crippen molar-refractivity contribution in [3.63, 3.8) is 0 Å². The van der Waals surface area contributed by atoms with Crippen molar-refractivity contribution in [2.75, 3.05) is 0 Å². The number of para-hydroxylation sites is 2. The van der Waals surface area contributed by atoms with E-state index in [9.17, 15) is 13.2 Å². The number of hydrogen-bond acceptors (Lipinski definition) is 3. The van der Waals surface area contributed by atoms with Crippen LogP contribution in [0.15, 0.2) is 182 Å². The summed E-state index contributed by atoms with van der Waals surface area (Å²) in [6.45, 7) is 1.97. The highest BCUT2D eigenvalue weighted by Gasteiger charge is 2.37. The SMILES string of the molecule is Cc1ccc2c(c1)c1ccccc1n2-c1cccc(C(F)(F)F)c1-c1cc(-c2nc(-c3ccccc3)nc(-c3ccccc3)n2)ccc1-n1c2ccccc2c2cc(C(F)(F)F)ccc21. The zero-order valence-electron chi connectivity index (χ0n) is 34.3. The molecular formula is C54H33F6N5. The first-order chi connectivity index (χ1) is 31.4. The smallest absolute Gasteiger partial charge is 0.309 e. The van der Waals surface area contributed by atoms with Gasteiger partial charge in [-0.2, -0.15) is 26.3 Å². The van der Waals surface area contributed by atoms with Gasteiger partial charge in [0.25, 0.3) is 0 Å².